The molecule has 7 heteroatoms. The fourth-order valence-corrected chi connectivity index (χ4v) is 4.55. The molecule has 1 N–H and O–H groups in total. The van der Waals surface area contributed by atoms with E-state index in [-0.39, 0.29) is 5.57 Å². The molecule has 7 nitrogen and oxygen atoms in total. The van der Waals surface area contributed by atoms with E-state index in [4.69, 9.17) is 14.2 Å². The number of carbonyl (C=O) groups is 2. The van der Waals surface area contributed by atoms with Crippen LogP contribution in [0.4, 0.5) is 0 Å². The number of benzene rings is 2. The molecule has 1 unspecified atom stereocenters. The molecule has 0 bridgehead atoms. The van der Waals surface area contributed by atoms with Crippen LogP contribution < -0.4 is 9.47 Å². The summed E-state index contributed by atoms with van der Waals surface area (Å²) in [4.78, 5) is 27.4. The second-order valence-electron chi connectivity index (χ2n) is 8.08. The summed E-state index contributed by atoms with van der Waals surface area (Å²) in [6.45, 7) is 4.20. The Bertz CT molecular complexity index is 1120. The van der Waals surface area contributed by atoms with Crippen molar-refractivity contribution in [2.75, 3.05) is 27.9 Å². The SMILES string of the molecule is COC(=O)C1=C(C)N(CCCc2ccccc2)C(C)=C(C(=O)O)C1c1ccc(OC)c(OC)c1. The standard InChI is InChI=1S/C27H31NO6/c1-17-23(26(29)30)25(20-13-14-21(32-3)22(16-20)33-4)24(27(31)34-5)18(2)28(17)15-9-12-19-10-7-6-8-11-19/h6-8,10-11,13-14,16,25H,9,12,15H2,1-5H3,(H,29,30). The highest BCUT2D eigenvalue weighted by Gasteiger charge is 2.40. The van der Waals surface area contributed by atoms with E-state index >= 15 is 0 Å². The summed E-state index contributed by atoms with van der Waals surface area (Å²) in [6.07, 6.45) is 1.63. The summed E-state index contributed by atoms with van der Waals surface area (Å²) in [5, 5.41) is 10.2. The number of carboxylic acids is 1. The number of carbonyl (C=O) groups excluding carboxylic acids is 1. The molecule has 0 saturated carbocycles. The third-order valence-corrected chi connectivity index (χ3v) is 6.23. The zero-order valence-electron chi connectivity index (χ0n) is 20.3. The van der Waals surface area contributed by atoms with Gasteiger partial charge in [-0.3, -0.25) is 0 Å². The maximum absolute atomic E-state index is 13.0. The van der Waals surface area contributed by atoms with Crippen LogP contribution in [0.15, 0.2) is 71.1 Å². The number of carboxylic acid groups (broad SMARTS) is 1. The third-order valence-electron chi connectivity index (χ3n) is 6.23. The number of aryl methyl sites for hydroxylation is 1. The molecule has 1 aliphatic rings. The lowest BCUT2D eigenvalue weighted by Gasteiger charge is -2.37. The molecule has 0 spiro atoms. The van der Waals surface area contributed by atoms with Crippen LogP contribution >= 0.6 is 0 Å². The van der Waals surface area contributed by atoms with Crippen molar-refractivity contribution in [3.05, 3.63) is 82.2 Å². The number of ether oxygens (including phenoxy) is 3. The molecule has 1 aliphatic heterocycles. The summed E-state index contributed by atoms with van der Waals surface area (Å²) in [5.41, 5.74) is 3.54. The maximum Gasteiger partial charge on any atom is 0.336 e. The smallest absolute Gasteiger partial charge is 0.336 e. The Kier molecular flexibility index (Phi) is 7.99. The largest absolute Gasteiger partial charge is 0.493 e. The van der Waals surface area contributed by atoms with Crippen LogP contribution in [-0.4, -0.2) is 49.8 Å². The molecule has 0 radical (unpaired) electrons. The van der Waals surface area contributed by atoms with E-state index in [1.165, 1.54) is 26.9 Å². The van der Waals surface area contributed by atoms with Gasteiger partial charge in [-0.25, -0.2) is 9.59 Å². The van der Waals surface area contributed by atoms with Gasteiger partial charge in [0.15, 0.2) is 11.5 Å². The molecule has 34 heavy (non-hydrogen) atoms. The van der Waals surface area contributed by atoms with Crippen molar-refractivity contribution in [2.24, 2.45) is 0 Å². The van der Waals surface area contributed by atoms with Gasteiger partial charge in [0.05, 0.1) is 38.4 Å². The van der Waals surface area contributed by atoms with Gasteiger partial charge in [0.1, 0.15) is 0 Å². The van der Waals surface area contributed by atoms with E-state index in [1.54, 1.807) is 25.1 Å². The molecule has 0 aliphatic carbocycles. The van der Waals surface area contributed by atoms with Crippen LogP contribution in [0.5, 0.6) is 11.5 Å². The number of nitrogens with zero attached hydrogens (tertiary/aromatic N) is 1. The molecule has 0 saturated heterocycles. The zero-order chi connectivity index (χ0) is 24.8. The van der Waals surface area contributed by atoms with Crippen molar-refractivity contribution in [1.82, 2.24) is 4.90 Å². The van der Waals surface area contributed by atoms with Crippen molar-refractivity contribution in [1.29, 1.82) is 0 Å². The Morgan fingerprint density at radius 2 is 1.56 bits per heavy atom. The van der Waals surface area contributed by atoms with Gasteiger partial charge in [-0.05, 0) is 49.9 Å². The van der Waals surface area contributed by atoms with Gasteiger partial charge in [0.25, 0.3) is 0 Å². The average Bonchev–Trinajstić information content (AvgIpc) is 2.85. The van der Waals surface area contributed by atoms with Crippen molar-refractivity contribution in [2.45, 2.75) is 32.6 Å². The fourth-order valence-electron chi connectivity index (χ4n) is 4.55. The van der Waals surface area contributed by atoms with Gasteiger partial charge in [-0.2, -0.15) is 0 Å². The average molecular weight is 466 g/mol. The summed E-state index contributed by atoms with van der Waals surface area (Å²) in [6, 6.07) is 15.3. The number of esters is 1. The lowest BCUT2D eigenvalue weighted by molar-refractivity contribution is -0.136. The van der Waals surface area contributed by atoms with Crippen molar-refractivity contribution in [3.63, 3.8) is 0 Å². The highest BCUT2D eigenvalue weighted by Crippen LogP contribution is 2.44. The minimum Gasteiger partial charge on any atom is -0.493 e. The van der Waals surface area contributed by atoms with Crippen molar-refractivity contribution < 1.29 is 28.9 Å². The molecule has 2 aromatic rings. The first-order valence-corrected chi connectivity index (χ1v) is 11.1. The Hall–Kier alpha value is -3.74. The van der Waals surface area contributed by atoms with Crippen LogP contribution in [0.2, 0.25) is 0 Å². The van der Waals surface area contributed by atoms with E-state index in [0.717, 1.165) is 12.8 Å². The molecule has 3 rings (SSSR count). The second-order valence-corrected chi connectivity index (χ2v) is 8.08. The van der Waals surface area contributed by atoms with Gasteiger partial charge in [0.2, 0.25) is 0 Å². The van der Waals surface area contributed by atoms with E-state index in [9.17, 15) is 14.7 Å². The molecular formula is C27H31NO6. The molecule has 180 valence electrons. The predicted molar refractivity (Wildman–Crippen MR) is 129 cm³/mol. The summed E-state index contributed by atoms with van der Waals surface area (Å²) in [7, 11) is 4.35. The van der Waals surface area contributed by atoms with Gasteiger partial charge in [-0.15, -0.1) is 0 Å². The van der Waals surface area contributed by atoms with E-state index in [0.29, 0.717) is 40.6 Å². The van der Waals surface area contributed by atoms with Crippen LogP contribution in [0.3, 0.4) is 0 Å². The van der Waals surface area contributed by atoms with Gasteiger partial charge in [-0.1, -0.05) is 36.4 Å². The summed E-state index contributed by atoms with van der Waals surface area (Å²) in [5.74, 6) is -1.48. The van der Waals surface area contributed by atoms with E-state index < -0.39 is 17.9 Å². The zero-order valence-corrected chi connectivity index (χ0v) is 20.3. The summed E-state index contributed by atoms with van der Waals surface area (Å²) < 4.78 is 15.9. The lowest BCUT2D eigenvalue weighted by Crippen LogP contribution is -2.35. The Balaban J connectivity index is 2.07. The second kappa shape index (κ2) is 10.9. The van der Waals surface area contributed by atoms with Gasteiger partial charge < -0.3 is 24.2 Å². The maximum atomic E-state index is 13.0. The van der Waals surface area contributed by atoms with E-state index in [2.05, 4.69) is 12.1 Å². The molecule has 0 aromatic heterocycles. The Labute approximate surface area is 200 Å². The fraction of sp³-hybridized carbons (Fsp3) is 0.333. The summed E-state index contributed by atoms with van der Waals surface area (Å²) >= 11 is 0. The monoisotopic (exact) mass is 465 g/mol. The predicted octanol–water partition coefficient (Wildman–Crippen LogP) is 4.54. The Morgan fingerprint density at radius 1 is 0.912 bits per heavy atom. The van der Waals surface area contributed by atoms with Crippen molar-refractivity contribution in [3.8, 4) is 11.5 Å². The quantitative estimate of drug-likeness (QED) is 0.544. The van der Waals surface area contributed by atoms with Crippen LogP contribution in [0, 0.1) is 0 Å². The van der Waals surface area contributed by atoms with Gasteiger partial charge in [0, 0.05) is 17.9 Å². The first-order valence-electron chi connectivity index (χ1n) is 11.1. The molecular weight excluding hydrogens is 434 g/mol. The first kappa shape index (κ1) is 24.9. The van der Waals surface area contributed by atoms with Gasteiger partial charge >= 0.3 is 11.9 Å². The normalized spacial score (nSPS) is 15.9. The third kappa shape index (κ3) is 4.93. The molecule has 1 atom stereocenters. The highest BCUT2D eigenvalue weighted by molar-refractivity contribution is 5.99. The van der Waals surface area contributed by atoms with Crippen LogP contribution in [0.1, 0.15) is 37.3 Å². The first-order chi connectivity index (χ1) is 16.3. The number of rotatable bonds is 9. The minimum atomic E-state index is -1.08. The number of hydrogen-bond acceptors (Lipinski definition) is 6. The van der Waals surface area contributed by atoms with Crippen LogP contribution in [-0.2, 0) is 20.7 Å². The lowest BCUT2D eigenvalue weighted by atomic mass is 9.79. The number of hydrogen-bond donors (Lipinski definition) is 1. The molecule has 0 fully saturated rings. The highest BCUT2D eigenvalue weighted by atomic mass is 16.5. The van der Waals surface area contributed by atoms with Crippen molar-refractivity contribution >= 4 is 11.9 Å². The van der Waals surface area contributed by atoms with E-state index in [1.807, 2.05) is 30.0 Å². The number of allylic oxidation sites excluding steroid dienone is 2. The molecule has 1 heterocycles. The van der Waals surface area contributed by atoms with Crippen LogP contribution in [0.25, 0.3) is 0 Å². The minimum absolute atomic E-state index is 0.137. The number of methoxy groups -OCH3 is 3. The number of aliphatic carboxylic acids is 1. The Morgan fingerprint density at radius 3 is 2.15 bits per heavy atom. The topological polar surface area (TPSA) is 85.3 Å². The molecule has 2 aromatic carbocycles. The molecule has 0 amide bonds.